The first-order chi connectivity index (χ1) is 30.1. The molecule has 0 saturated carbocycles. The molecule has 0 radical (unpaired) electrons. The highest BCUT2D eigenvalue weighted by atomic mass is 31.2. The van der Waals surface area contributed by atoms with Gasteiger partial charge in [-0.25, -0.2) is 0 Å². The average Bonchev–Trinajstić information content (AvgIpc) is 3.23. The average molecular weight is 894 g/mol. The minimum Gasteiger partial charge on any atom is -0.756 e. The van der Waals surface area contributed by atoms with Gasteiger partial charge in [0.2, 0.25) is 0 Å². The molecular weight excluding hydrogens is 794 g/mol. The highest BCUT2D eigenvalue weighted by Crippen LogP contribution is 2.38. The van der Waals surface area contributed by atoms with Crippen molar-refractivity contribution in [2.75, 3.05) is 54.1 Å². The number of likely N-dealkylation sites (N-methyl/N-ethyl adjacent to an activating group) is 1. The number of quaternary nitrogens is 1. The van der Waals surface area contributed by atoms with Crippen LogP contribution in [0.5, 0.6) is 0 Å². The Kier molecular flexibility index (Phi) is 44.9. The molecule has 364 valence electrons. The maximum absolute atomic E-state index is 12.8. The molecule has 0 fully saturated rings. The number of rotatable bonds is 48. The Morgan fingerprint density at radius 1 is 0.500 bits per heavy atom. The molecule has 0 aliphatic rings. The molecule has 0 aliphatic carbocycles. The van der Waals surface area contributed by atoms with Crippen LogP contribution < -0.4 is 4.89 Å². The van der Waals surface area contributed by atoms with E-state index in [0.29, 0.717) is 24.1 Å². The Morgan fingerprint density at radius 3 is 1.32 bits per heavy atom. The SMILES string of the molecule is CCCCCC/C=C\C/C=C\CCCCCCCCCCOCC(COP(=O)([O-])OCC[N+](C)(C)C)OC(=O)CCCCCCCCCCC/C=C\C/C=C\CCCCCCC. The van der Waals surface area contributed by atoms with E-state index in [1.54, 1.807) is 0 Å². The van der Waals surface area contributed by atoms with Crippen molar-refractivity contribution in [3.05, 3.63) is 48.6 Å². The maximum Gasteiger partial charge on any atom is 0.306 e. The first-order valence-corrected chi connectivity index (χ1v) is 27.3. The van der Waals surface area contributed by atoms with Crippen molar-refractivity contribution in [3.63, 3.8) is 0 Å². The summed E-state index contributed by atoms with van der Waals surface area (Å²) in [6.45, 7) is 5.39. The quantitative estimate of drug-likeness (QED) is 0.0197. The molecule has 0 aromatic heterocycles. The van der Waals surface area contributed by atoms with E-state index in [4.69, 9.17) is 18.5 Å². The number of nitrogens with zero attached hydrogens (tertiary/aromatic N) is 1. The number of ether oxygens (including phenoxy) is 2. The lowest BCUT2D eigenvalue weighted by Crippen LogP contribution is -2.37. The fourth-order valence-electron chi connectivity index (χ4n) is 7.08. The number of phosphoric acid groups is 1. The summed E-state index contributed by atoms with van der Waals surface area (Å²) in [5, 5.41) is 0. The molecule has 0 N–H and O–H groups in total. The van der Waals surface area contributed by atoms with Gasteiger partial charge in [-0.05, 0) is 77.0 Å². The van der Waals surface area contributed by atoms with E-state index in [9.17, 15) is 14.3 Å². The second kappa shape index (κ2) is 46.0. The first kappa shape index (κ1) is 60.5. The molecule has 2 unspecified atom stereocenters. The van der Waals surface area contributed by atoms with E-state index in [0.717, 1.165) is 44.9 Å². The summed E-state index contributed by atoms with van der Waals surface area (Å²) < 4.78 is 34.7. The van der Waals surface area contributed by atoms with E-state index < -0.39 is 13.9 Å². The van der Waals surface area contributed by atoms with Crippen molar-refractivity contribution >= 4 is 13.8 Å². The predicted octanol–water partition coefficient (Wildman–Crippen LogP) is 15.3. The highest BCUT2D eigenvalue weighted by Gasteiger charge is 2.20. The summed E-state index contributed by atoms with van der Waals surface area (Å²) >= 11 is 0. The number of carbonyl (C=O) groups excluding carboxylic acids is 1. The number of esters is 1. The molecule has 0 rings (SSSR count). The zero-order chi connectivity index (χ0) is 45.5. The lowest BCUT2D eigenvalue weighted by Gasteiger charge is -2.28. The lowest BCUT2D eigenvalue weighted by atomic mass is 10.1. The van der Waals surface area contributed by atoms with Crippen LogP contribution in [0, 0.1) is 0 Å². The summed E-state index contributed by atoms with van der Waals surface area (Å²) in [5.74, 6) is -0.339. The number of unbranched alkanes of at least 4 members (excludes halogenated alkanes) is 26. The minimum absolute atomic E-state index is 0.0230. The topological polar surface area (TPSA) is 94.1 Å². The number of allylic oxidation sites excluding steroid dienone is 8. The van der Waals surface area contributed by atoms with Crippen LogP contribution in [0.15, 0.2) is 48.6 Å². The summed E-state index contributed by atoms with van der Waals surface area (Å²) in [6.07, 6.45) is 57.0. The zero-order valence-electron chi connectivity index (χ0n) is 41.3. The van der Waals surface area contributed by atoms with Crippen LogP contribution in [0.4, 0.5) is 0 Å². The summed E-state index contributed by atoms with van der Waals surface area (Å²) in [6, 6.07) is 0. The molecule has 0 heterocycles. The van der Waals surface area contributed by atoms with E-state index in [1.165, 1.54) is 161 Å². The molecule has 0 bridgehead atoms. The first-order valence-electron chi connectivity index (χ1n) is 25.9. The normalized spacial score (nSPS) is 14.0. The largest absolute Gasteiger partial charge is 0.756 e. The van der Waals surface area contributed by atoms with Crippen LogP contribution in [0.3, 0.4) is 0 Å². The predicted molar refractivity (Wildman–Crippen MR) is 263 cm³/mol. The third kappa shape index (κ3) is 49.5. The third-order valence-corrected chi connectivity index (χ3v) is 12.1. The smallest absolute Gasteiger partial charge is 0.306 e. The van der Waals surface area contributed by atoms with Crippen LogP contribution in [-0.4, -0.2) is 70.7 Å². The molecular formula is C53H100NO7P. The van der Waals surface area contributed by atoms with Gasteiger partial charge in [-0.3, -0.25) is 9.36 Å². The second-order valence-electron chi connectivity index (χ2n) is 18.5. The Hall–Kier alpha value is -1.54. The van der Waals surface area contributed by atoms with Gasteiger partial charge >= 0.3 is 5.97 Å². The van der Waals surface area contributed by atoms with Gasteiger partial charge in [-0.2, -0.15) is 0 Å². The van der Waals surface area contributed by atoms with E-state index in [2.05, 4.69) is 62.5 Å². The van der Waals surface area contributed by atoms with Gasteiger partial charge < -0.3 is 27.9 Å². The molecule has 0 aromatic carbocycles. The minimum atomic E-state index is -4.53. The van der Waals surface area contributed by atoms with Crippen LogP contribution in [0.1, 0.15) is 226 Å². The maximum atomic E-state index is 12.8. The van der Waals surface area contributed by atoms with Gasteiger partial charge in [0.05, 0.1) is 34.4 Å². The number of carbonyl (C=O) groups is 1. The Balaban J connectivity index is 4.16. The van der Waals surface area contributed by atoms with Gasteiger partial charge in [0.25, 0.3) is 7.82 Å². The molecule has 8 nitrogen and oxygen atoms in total. The van der Waals surface area contributed by atoms with Gasteiger partial charge in [0.15, 0.2) is 0 Å². The van der Waals surface area contributed by atoms with Crippen molar-refractivity contribution in [2.24, 2.45) is 0 Å². The van der Waals surface area contributed by atoms with Gasteiger partial charge in [-0.15, -0.1) is 0 Å². The Morgan fingerprint density at radius 2 is 0.887 bits per heavy atom. The molecule has 0 saturated heterocycles. The monoisotopic (exact) mass is 894 g/mol. The molecule has 0 spiro atoms. The fourth-order valence-corrected chi connectivity index (χ4v) is 7.81. The van der Waals surface area contributed by atoms with Crippen molar-refractivity contribution in [1.82, 2.24) is 0 Å². The van der Waals surface area contributed by atoms with Crippen molar-refractivity contribution in [2.45, 2.75) is 232 Å². The molecule has 9 heteroatoms. The second-order valence-corrected chi connectivity index (χ2v) is 19.9. The summed E-state index contributed by atoms with van der Waals surface area (Å²) in [7, 11) is 1.35. The van der Waals surface area contributed by atoms with Crippen LogP contribution in [-0.2, 0) is 27.9 Å². The van der Waals surface area contributed by atoms with E-state index in [-0.39, 0.29) is 25.8 Å². The van der Waals surface area contributed by atoms with E-state index >= 15 is 0 Å². The van der Waals surface area contributed by atoms with Crippen molar-refractivity contribution < 1.29 is 37.3 Å². The number of hydrogen-bond donors (Lipinski definition) is 0. The molecule has 0 aromatic rings. The van der Waals surface area contributed by atoms with Crippen LogP contribution in [0.2, 0.25) is 0 Å². The Bertz CT molecular complexity index is 1130. The molecule has 62 heavy (non-hydrogen) atoms. The lowest BCUT2D eigenvalue weighted by molar-refractivity contribution is -0.870. The third-order valence-electron chi connectivity index (χ3n) is 11.1. The van der Waals surface area contributed by atoms with Gasteiger partial charge in [0.1, 0.15) is 19.3 Å². The van der Waals surface area contributed by atoms with Gasteiger partial charge in [0, 0.05) is 13.0 Å². The number of hydrogen-bond acceptors (Lipinski definition) is 7. The van der Waals surface area contributed by atoms with E-state index in [1.807, 2.05) is 21.1 Å². The fraction of sp³-hybridized carbons (Fsp3) is 0.830. The zero-order valence-corrected chi connectivity index (χ0v) is 42.2. The van der Waals surface area contributed by atoms with Crippen molar-refractivity contribution in [1.29, 1.82) is 0 Å². The van der Waals surface area contributed by atoms with Gasteiger partial charge in [-0.1, -0.05) is 191 Å². The molecule has 0 aliphatic heterocycles. The highest BCUT2D eigenvalue weighted by molar-refractivity contribution is 7.45. The van der Waals surface area contributed by atoms with Crippen LogP contribution >= 0.6 is 7.82 Å². The van der Waals surface area contributed by atoms with Crippen LogP contribution in [0.25, 0.3) is 0 Å². The summed E-state index contributed by atoms with van der Waals surface area (Å²) in [4.78, 5) is 25.2. The standard InChI is InChI=1S/C53H100NO7P/c1-6-8-10-12-14-16-18-20-22-24-26-27-28-30-32-34-36-38-40-42-44-46-53(55)61-52(51-60-62(56,57)59-49-47-54(3,4)5)50-58-48-45-43-41-39-37-35-33-31-29-25-23-21-19-17-15-13-11-9-7-2/h17-20,23-26,52H,6-16,21-22,27-51H2,1-5H3/b19-17-,20-18-,25-23-,26-24-. The summed E-state index contributed by atoms with van der Waals surface area (Å²) in [5.41, 5.74) is 0. The number of phosphoric ester groups is 1. The van der Waals surface area contributed by atoms with Crippen molar-refractivity contribution in [3.8, 4) is 0 Å². The Labute approximate surface area is 384 Å². The molecule has 2 atom stereocenters. The molecule has 0 amide bonds.